The summed E-state index contributed by atoms with van der Waals surface area (Å²) in [5, 5.41) is 0. The molecule has 2 aliphatic carbocycles. The van der Waals surface area contributed by atoms with Gasteiger partial charge in [-0.25, -0.2) is 4.79 Å². The largest absolute Gasteiger partial charge is 0.450 e. The van der Waals surface area contributed by atoms with Crippen molar-refractivity contribution >= 4 is 17.0 Å². The highest BCUT2D eigenvalue weighted by Gasteiger charge is 2.50. The van der Waals surface area contributed by atoms with E-state index < -0.39 is 5.43 Å². The Kier molecular flexibility index (Phi) is 10.9. The van der Waals surface area contributed by atoms with Gasteiger partial charge in [0.25, 0.3) is 0 Å². The van der Waals surface area contributed by atoms with E-state index in [1.807, 2.05) is 6.92 Å². The van der Waals surface area contributed by atoms with Crippen LogP contribution in [0, 0.1) is 35.0 Å². The van der Waals surface area contributed by atoms with E-state index in [1.54, 1.807) is 0 Å². The third-order valence-corrected chi connectivity index (χ3v) is 8.97. The molecular weight excluding hydrogens is 404 g/mol. The highest BCUT2D eigenvalue weighted by molar-refractivity contribution is 6.61. The molecular formula is C28H49ClO2. The quantitative estimate of drug-likeness (QED) is 0.217. The fourth-order valence-electron chi connectivity index (χ4n) is 6.85. The fraction of sp³-hybridized carbons (Fsp3) is 0.893. The minimum Gasteiger partial charge on any atom is -0.450 e. The van der Waals surface area contributed by atoms with E-state index in [0.29, 0.717) is 5.41 Å². The molecule has 0 aromatic carbocycles. The van der Waals surface area contributed by atoms with Crippen LogP contribution in [0.1, 0.15) is 119 Å². The molecule has 6 atom stereocenters. The highest BCUT2D eigenvalue weighted by atomic mass is 35.5. The number of hydrogen-bond acceptors (Lipinski definition) is 2. The molecule has 2 nitrogen and oxygen atoms in total. The van der Waals surface area contributed by atoms with E-state index in [4.69, 9.17) is 16.3 Å². The minimum absolute atomic E-state index is 0.0717. The van der Waals surface area contributed by atoms with E-state index >= 15 is 0 Å². The summed E-state index contributed by atoms with van der Waals surface area (Å²) in [4.78, 5) is 11.3. The van der Waals surface area contributed by atoms with Gasteiger partial charge in [0.2, 0.25) is 0 Å². The Labute approximate surface area is 197 Å². The minimum atomic E-state index is -0.665. The van der Waals surface area contributed by atoms with Crippen LogP contribution in [0.2, 0.25) is 0 Å². The van der Waals surface area contributed by atoms with Crippen LogP contribution in [0.25, 0.3) is 0 Å². The number of carbonyl (C=O) groups excluding carboxylic acids is 1. The summed E-state index contributed by atoms with van der Waals surface area (Å²) in [6, 6.07) is 0. The number of rotatable bonds is 12. The van der Waals surface area contributed by atoms with Gasteiger partial charge in [0.1, 0.15) is 6.10 Å². The molecule has 0 N–H and O–H groups in total. The van der Waals surface area contributed by atoms with Crippen molar-refractivity contribution in [2.75, 3.05) is 0 Å². The van der Waals surface area contributed by atoms with Crippen molar-refractivity contribution in [3.8, 4) is 0 Å². The topological polar surface area (TPSA) is 26.3 Å². The Bertz CT molecular complexity index is 584. The zero-order chi connectivity index (χ0) is 23.0. The third-order valence-electron chi connectivity index (χ3n) is 8.88. The number of halogens is 1. The van der Waals surface area contributed by atoms with Crippen LogP contribution in [-0.2, 0) is 4.74 Å². The molecule has 2 saturated carbocycles. The number of allylic oxidation sites excluding steroid dienone is 1. The van der Waals surface area contributed by atoms with Crippen LogP contribution in [-0.4, -0.2) is 11.5 Å². The first-order valence-electron chi connectivity index (χ1n) is 13.1. The molecule has 2 rings (SSSR count). The number of fused-ring (bicyclic) bond motifs is 1. The summed E-state index contributed by atoms with van der Waals surface area (Å²) < 4.78 is 5.37. The van der Waals surface area contributed by atoms with Crippen LogP contribution in [0.3, 0.4) is 0 Å². The van der Waals surface area contributed by atoms with E-state index in [9.17, 15) is 4.79 Å². The Morgan fingerprint density at radius 1 is 1.13 bits per heavy atom. The Morgan fingerprint density at radius 2 is 1.87 bits per heavy atom. The predicted molar refractivity (Wildman–Crippen MR) is 134 cm³/mol. The third kappa shape index (κ3) is 8.09. The van der Waals surface area contributed by atoms with E-state index in [2.05, 4.69) is 40.7 Å². The molecule has 31 heavy (non-hydrogen) atoms. The molecule has 3 unspecified atom stereocenters. The summed E-state index contributed by atoms with van der Waals surface area (Å²) in [6.45, 7) is 14.0. The van der Waals surface area contributed by atoms with Crippen molar-refractivity contribution in [3.05, 3.63) is 11.6 Å². The first-order chi connectivity index (χ1) is 14.7. The van der Waals surface area contributed by atoms with Crippen LogP contribution in [0.15, 0.2) is 11.6 Å². The van der Waals surface area contributed by atoms with Gasteiger partial charge < -0.3 is 4.74 Å². The lowest BCUT2D eigenvalue weighted by Crippen LogP contribution is -2.37. The lowest BCUT2D eigenvalue weighted by Gasteiger charge is -2.46. The summed E-state index contributed by atoms with van der Waals surface area (Å²) in [6.07, 6.45) is 17.5. The van der Waals surface area contributed by atoms with Crippen LogP contribution < -0.4 is 0 Å². The fourth-order valence-corrected chi connectivity index (χ4v) is 6.97. The standard InChI is InChI=1S/C28H49ClO2/c1-7-21(4)18-25(31-27(29)30)13-9-12-23-16-17-28(6)24(19-23)14-15-26(28)22(5)11-8-10-20(2)3/h7,20,22-26H,8-19H2,1-6H3/b21-7+/t22-,23+,24+,25?,26?,28?/m1/s1. The normalized spacial score (nSPS) is 30.8. The average molecular weight is 453 g/mol. The van der Waals surface area contributed by atoms with Crippen molar-refractivity contribution in [2.45, 2.75) is 125 Å². The second-order valence-corrected chi connectivity index (χ2v) is 11.9. The van der Waals surface area contributed by atoms with Gasteiger partial charge in [0, 0.05) is 18.0 Å². The maximum Gasteiger partial charge on any atom is 0.404 e. The molecule has 0 radical (unpaired) electrons. The SMILES string of the molecule is C/C=C(\C)CC(CCC[C@H]1CCC2(C)C([C@H](C)CCCC(C)C)CC[C@H]2C1)OC(=O)Cl. The van der Waals surface area contributed by atoms with Gasteiger partial charge >= 0.3 is 5.43 Å². The van der Waals surface area contributed by atoms with E-state index in [1.165, 1.54) is 63.4 Å². The van der Waals surface area contributed by atoms with Gasteiger partial charge in [0.05, 0.1) is 0 Å². The molecule has 180 valence electrons. The highest BCUT2D eigenvalue weighted by Crippen LogP contribution is 2.59. The van der Waals surface area contributed by atoms with Crippen molar-refractivity contribution < 1.29 is 9.53 Å². The summed E-state index contributed by atoms with van der Waals surface area (Å²) in [7, 11) is 0. The van der Waals surface area contributed by atoms with Gasteiger partial charge in [-0.2, -0.15) is 0 Å². The molecule has 2 aliphatic rings. The Balaban J connectivity index is 1.80. The van der Waals surface area contributed by atoms with Crippen molar-refractivity contribution in [1.82, 2.24) is 0 Å². The van der Waals surface area contributed by atoms with Crippen molar-refractivity contribution in [3.63, 3.8) is 0 Å². The zero-order valence-corrected chi connectivity index (χ0v) is 22.0. The maximum atomic E-state index is 11.3. The average Bonchev–Trinajstić information content (AvgIpc) is 3.03. The molecule has 0 aliphatic heterocycles. The van der Waals surface area contributed by atoms with Crippen LogP contribution in [0.5, 0.6) is 0 Å². The Hall–Kier alpha value is -0.500. The Morgan fingerprint density at radius 3 is 2.52 bits per heavy atom. The number of hydrogen-bond donors (Lipinski definition) is 0. The molecule has 0 heterocycles. The first-order valence-corrected chi connectivity index (χ1v) is 13.5. The molecule has 0 saturated heterocycles. The second kappa shape index (κ2) is 12.7. The molecule has 0 bridgehead atoms. The van der Waals surface area contributed by atoms with Gasteiger partial charge in [0.15, 0.2) is 0 Å². The zero-order valence-electron chi connectivity index (χ0n) is 21.2. The van der Waals surface area contributed by atoms with Crippen molar-refractivity contribution in [2.24, 2.45) is 35.0 Å². The lowest BCUT2D eigenvalue weighted by atomic mass is 9.59. The number of ether oxygens (including phenoxy) is 1. The lowest BCUT2D eigenvalue weighted by molar-refractivity contribution is 0.0392. The predicted octanol–water partition coefficient (Wildman–Crippen LogP) is 9.55. The monoisotopic (exact) mass is 452 g/mol. The first kappa shape index (κ1) is 26.7. The van der Waals surface area contributed by atoms with Gasteiger partial charge in [-0.1, -0.05) is 65.0 Å². The summed E-state index contributed by atoms with van der Waals surface area (Å²) >= 11 is 5.51. The molecule has 3 heteroatoms. The second-order valence-electron chi connectivity index (χ2n) is 11.6. The van der Waals surface area contributed by atoms with Crippen LogP contribution >= 0.6 is 11.6 Å². The van der Waals surface area contributed by atoms with E-state index in [-0.39, 0.29) is 6.10 Å². The summed E-state index contributed by atoms with van der Waals surface area (Å²) in [5.41, 5.74) is 1.17. The van der Waals surface area contributed by atoms with Crippen LogP contribution in [0.4, 0.5) is 4.79 Å². The number of carbonyl (C=O) groups is 1. The van der Waals surface area contributed by atoms with Gasteiger partial charge in [-0.15, -0.1) is 0 Å². The molecule has 0 aromatic heterocycles. The summed E-state index contributed by atoms with van der Waals surface area (Å²) in [5.74, 6) is 4.42. The molecule has 0 spiro atoms. The molecule has 2 fully saturated rings. The smallest absolute Gasteiger partial charge is 0.404 e. The van der Waals surface area contributed by atoms with Gasteiger partial charge in [-0.05, 0) is 93.8 Å². The van der Waals surface area contributed by atoms with Gasteiger partial charge in [-0.3, -0.25) is 0 Å². The molecule has 0 aromatic rings. The van der Waals surface area contributed by atoms with E-state index in [0.717, 1.165) is 48.9 Å². The maximum absolute atomic E-state index is 11.3. The molecule has 0 amide bonds. The van der Waals surface area contributed by atoms with Crippen molar-refractivity contribution in [1.29, 1.82) is 0 Å².